The Kier molecular flexibility index (Phi) is 6.55. The number of alkyl halides is 3. The second kappa shape index (κ2) is 9.71. The number of nitrogens with zero attached hydrogens (tertiary/aromatic N) is 3. The Labute approximate surface area is 192 Å². The standard InChI is InChI=1S/C23H19F3N6O2/c24-23(25,26)17-5-3-6-18(10-17)29-22(33)30-21-14-32(31-34-21)13-19-9-8-16(12-28-19)20-7-2-1-4-15(20)11-27/h1-10,12,14H,11,13,27H2,(H-,29,30,31,33)/p+1. The minimum atomic E-state index is -4.51. The van der Waals surface area contributed by atoms with Gasteiger partial charge in [-0.3, -0.25) is 14.8 Å². The number of anilines is 2. The number of carbonyl (C=O) groups is 1. The lowest BCUT2D eigenvalue weighted by Crippen LogP contribution is -2.35. The summed E-state index contributed by atoms with van der Waals surface area (Å²) in [5, 5.41) is 8.53. The highest BCUT2D eigenvalue weighted by molar-refractivity contribution is 5.98. The maximum Gasteiger partial charge on any atom is 0.416 e. The minimum absolute atomic E-state index is 0.0120. The van der Waals surface area contributed by atoms with Gasteiger partial charge in [-0.25, -0.2) is 4.79 Å². The largest absolute Gasteiger partial charge is 0.416 e. The predicted molar refractivity (Wildman–Crippen MR) is 117 cm³/mol. The molecule has 2 aromatic carbocycles. The maximum absolute atomic E-state index is 12.8. The molecule has 0 saturated heterocycles. The first-order valence-corrected chi connectivity index (χ1v) is 10.2. The van der Waals surface area contributed by atoms with E-state index >= 15 is 0 Å². The zero-order valence-corrected chi connectivity index (χ0v) is 17.7. The highest BCUT2D eigenvalue weighted by Crippen LogP contribution is 2.30. The van der Waals surface area contributed by atoms with Gasteiger partial charge < -0.3 is 11.1 Å². The first-order valence-electron chi connectivity index (χ1n) is 10.2. The SMILES string of the molecule is NCc1ccccc1-c1ccc(C[n+]2cc(NC(=O)Nc3cccc(C(F)(F)F)c3)on2)nc1. The molecule has 0 bridgehead atoms. The van der Waals surface area contributed by atoms with E-state index in [1.165, 1.54) is 23.0 Å². The average Bonchev–Trinajstić information content (AvgIpc) is 3.25. The minimum Gasteiger partial charge on any atom is -0.326 e. The van der Waals surface area contributed by atoms with Crippen molar-refractivity contribution in [3.63, 3.8) is 0 Å². The molecule has 0 spiro atoms. The number of urea groups is 1. The normalized spacial score (nSPS) is 11.3. The number of aromatic nitrogens is 3. The van der Waals surface area contributed by atoms with Crippen LogP contribution >= 0.6 is 0 Å². The Morgan fingerprint density at radius 2 is 1.88 bits per heavy atom. The molecule has 0 unspecified atom stereocenters. The number of carbonyl (C=O) groups excluding carboxylic acids is 1. The van der Waals surface area contributed by atoms with Crippen molar-refractivity contribution >= 4 is 17.6 Å². The fourth-order valence-corrected chi connectivity index (χ4v) is 3.28. The van der Waals surface area contributed by atoms with Gasteiger partial charge in [-0.2, -0.15) is 13.2 Å². The molecule has 34 heavy (non-hydrogen) atoms. The van der Waals surface area contributed by atoms with E-state index in [0.29, 0.717) is 12.2 Å². The monoisotopic (exact) mass is 469 g/mol. The number of nitrogens with two attached hydrogens (primary N) is 1. The first kappa shape index (κ1) is 22.9. The van der Waals surface area contributed by atoms with Crippen molar-refractivity contribution in [1.29, 1.82) is 0 Å². The van der Waals surface area contributed by atoms with E-state index in [2.05, 4.69) is 20.9 Å². The number of halogens is 3. The third kappa shape index (κ3) is 5.56. The van der Waals surface area contributed by atoms with E-state index in [0.717, 1.165) is 28.8 Å². The Morgan fingerprint density at radius 1 is 1.06 bits per heavy atom. The molecule has 0 aliphatic carbocycles. The molecule has 0 fully saturated rings. The van der Waals surface area contributed by atoms with Gasteiger partial charge in [0.15, 0.2) is 0 Å². The van der Waals surface area contributed by atoms with Crippen molar-refractivity contribution in [2.24, 2.45) is 5.73 Å². The summed E-state index contributed by atoms with van der Waals surface area (Å²) in [6.45, 7) is 0.697. The van der Waals surface area contributed by atoms with Crippen molar-refractivity contribution in [3.05, 3.63) is 89.9 Å². The van der Waals surface area contributed by atoms with Crippen LogP contribution in [-0.4, -0.2) is 16.3 Å². The molecule has 4 N–H and O–H groups in total. The molecule has 0 atom stereocenters. The quantitative estimate of drug-likeness (QED) is 0.367. The number of hydrogen-bond acceptors (Lipinski definition) is 5. The van der Waals surface area contributed by atoms with E-state index in [9.17, 15) is 18.0 Å². The molecule has 8 nitrogen and oxygen atoms in total. The van der Waals surface area contributed by atoms with Gasteiger partial charge in [0, 0.05) is 24.0 Å². The smallest absolute Gasteiger partial charge is 0.326 e. The van der Waals surface area contributed by atoms with Crippen LogP contribution < -0.4 is 21.0 Å². The van der Waals surface area contributed by atoms with Crippen LogP contribution in [0.15, 0.2) is 77.6 Å². The van der Waals surface area contributed by atoms with Crippen molar-refractivity contribution in [2.75, 3.05) is 10.6 Å². The Hall–Kier alpha value is -4.25. The molecule has 11 heteroatoms. The highest BCUT2D eigenvalue weighted by Gasteiger charge is 2.30. The summed E-state index contributed by atoms with van der Waals surface area (Å²) in [6, 6.07) is 15.1. The Morgan fingerprint density at radius 3 is 2.62 bits per heavy atom. The lowest BCUT2D eigenvalue weighted by atomic mass is 10.0. The number of amides is 2. The van der Waals surface area contributed by atoms with E-state index in [4.69, 9.17) is 10.3 Å². The van der Waals surface area contributed by atoms with Crippen LogP contribution in [0.1, 0.15) is 16.8 Å². The Bertz CT molecular complexity index is 1290. The molecule has 0 radical (unpaired) electrons. The topological polar surface area (TPSA) is 110 Å². The predicted octanol–water partition coefficient (Wildman–Crippen LogP) is 4.19. The van der Waals surface area contributed by atoms with Crippen molar-refractivity contribution < 1.29 is 27.2 Å². The summed E-state index contributed by atoms with van der Waals surface area (Å²) in [5.41, 5.74) is 8.58. The molecule has 2 heterocycles. The second-order valence-corrected chi connectivity index (χ2v) is 7.32. The lowest BCUT2D eigenvalue weighted by molar-refractivity contribution is -0.755. The molecule has 4 aromatic rings. The highest BCUT2D eigenvalue weighted by atomic mass is 19.4. The van der Waals surface area contributed by atoms with Crippen LogP contribution in [0.4, 0.5) is 29.5 Å². The zero-order valence-electron chi connectivity index (χ0n) is 17.7. The molecule has 2 aromatic heterocycles. The number of nitrogens with one attached hydrogen (secondary N) is 2. The van der Waals surface area contributed by atoms with E-state index in [1.807, 2.05) is 36.4 Å². The molecule has 0 aliphatic heterocycles. The summed E-state index contributed by atoms with van der Waals surface area (Å²) in [6.07, 6.45) is -1.33. The maximum atomic E-state index is 12.8. The first-order chi connectivity index (χ1) is 16.3. The van der Waals surface area contributed by atoms with Crippen LogP contribution in [0.5, 0.6) is 0 Å². The lowest BCUT2D eigenvalue weighted by Gasteiger charge is -2.09. The fraction of sp³-hybridized carbons (Fsp3) is 0.130. The zero-order chi connectivity index (χ0) is 24.1. The van der Waals surface area contributed by atoms with E-state index < -0.39 is 17.8 Å². The van der Waals surface area contributed by atoms with Gasteiger partial charge in [0.25, 0.3) is 6.20 Å². The van der Waals surface area contributed by atoms with Gasteiger partial charge in [0.2, 0.25) is 11.8 Å². The number of pyridine rings is 1. The van der Waals surface area contributed by atoms with Crippen LogP contribution in [0.2, 0.25) is 0 Å². The molecular weight excluding hydrogens is 449 g/mol. The summed E-state index contributed by atoms with van der Waals surface area (Å²) in [5.74, 6) is 0.0120. The van der Waals surface area contributed by atoms with Gasteiger partial charge in [-0.05, 0) is 40.1 Å². The van der Waals surface area contributed by atoms with Gasteiger partial charge in [-0.1, -0.05) is 36.4 Å². The number of benzene rings is 2. The van der Waals surface area contributed by atoms with Crippen LogP contribution in [0.3, 0.4) is 0 Å². The van der Waals surface area contributed by atoms with Crippen molar-refractivity contribution in [1.82, 2.24) is 10.3 Å². The van der Waals surface area contributed by atoms with Crippen LogP contribution in [0.25, 0.3) is 11.1 Å². The van der Waals surface area contributed by atoms with Crippen LogP contribution in [-0.2, 0) is 19.3 Å². The summed E-state index contributed by atoms with van der Waals surface area (Å²) >= 11 is 0. The van der Waals surface area contributed by atoms with Crippen LogP contribution in [0, 0.1) is 0 Å². The van der Waals surface area contributed by atoms with Gasteiger partial charge in [0.05, 0.1) is 5.56 Å². The number of rotatable bonds is 6. The molecule has 0 aliphatic rings. The molecule has 2 amide bonds. The average molecular weight is 469 g/mol. The number of hydrogen-bond donors (Lipinski definition) is 3. The van der Waals surface area contributed by atoms with Gasteiger partial charge in [-0.15, -0.1) is 0 Å². The summed E-state index contributed by atoms with van der Waals surface area (Å²) < 4.78 is 44.9. The molecule has 174 valence electrons. The fourth-order valence-electron chi connectivity index (χ4n) is 3.28. The van der Waals surface area contributed by atoms with Crippen molar-refractivity contribution in [3.8, 4) is 11.1 Å². The van der Waals surface area contributed by atoms with Gasteiger partial charge in [0.1, 0.15) is 5.69 Å². The van der Waals surface area contributed by atoms with Crippen molar-refractivity contribution in [2.45, 2.75) is 19.3 Å². The molecular formula is C23H20F3N6O2+. The molecule has 4 rings (SSSR count). The second-order valence-electron chi connectivity index (χ2n) is 7.32. The third-order valence-electron chi connectivity index (χ3n) is 4.89. The summed E-state index contributed by atoms with van der Waals surface area (Å²) in [7, 11) is 0. The molecule has 0 saturated carbocycles. The summed E-state index contributed by atoms with van der Waals surface area (Å²) in [4.78, 5) is 16.6. The van der Waals surface area contributed by atoms with E-state index in [1.54, 1.807) is 6.20 Å². The van der Waals surface area contributed by atoms with E-state index in [-0.39, 0.29) is 18.1 Å². The Balaban J connectivity index is 1.37. The van der Waals surface area contributed by atoms with Gasteiger partial charge >= 0.3 is 18.1 Å². The third-order valence-corrected chi connectivity index (χ3v) is 4.89.